The number of aromatic amines is 1. The first-order valence-electron chi connectivity index (χ1n) is 5.81. The van der Waals surface area contributed by atoms with Crippen molar-refractivity contribution in [2.75, 3.05) is 0 Å². The van der Waals surface area contributed by atoms with E-state index in [-0.39, 0.29) is 11.6 Å². The molecule has 1 unspecified atom stereocenters. The highest BCUT2D eigenvalue weighted by atomic mass is 16.1. The van der Waals surface area contributed by atoms with Crippen LogP contribution in [-0.4, -0.2) is 9.78 Å². The van der Waals surface area contributed by atoms with Gasteiger partial charge in [-0.1, -0.05) is 17.7 Å². The Bertz CT molecular complexity index is 607. The van der Waals surface area contributed by atoms with Crippen LogP contribution in [0.3, 0.4) is 0 Å². The van der Waals surface area contributed by atoms with E-state index in [1.54, 1.807) is 4.68 Å². The third-order valence-corrected chi connectivity index (χ3v) is 3.32. The van der Waals surface area contributed by atoms with E-state index in [2.05, 4.69) is 10.4 Å². The van der Waals surface area contributed by atoms with Gasteiger partial charge in [0.25, 0.3) is 5.56 Å². The highest BCUT2D eigenvalue weighted by Crippen LogP contribution is 2.20. The maximum absolute atomic E-state index is 12.2. The van der Waals surface area contributed by atoms with Crippen molar-refractivity contribution < 1.29 is 0 Å². The second-order valence-corrected chi connectivity index (χ2v) is 4.58. The van der Waals surface area contributed by atoms with Gasteiger partial charge in [-0.3, -0.25) is 9.89 Å². The van der Waals surface area contributed by atoms with Crippen LogP contribution >= 0.6 is 0 Å². The Kier molecular flexibility index (Phi) is 2.19. The van der Waals surface area contributed by atoms with Crippen molar-refractivity contribution in [3.05, 3.63) is 51.4 Å². The van der Waals surface area contributed by atoms with Gasteiger partial charge in [-0.2, -0.15) is 0 Å². The molecule has 0 radical (unpaired) electrons. The average Bonchev–Trinajstić information content (AvgIpc) is 2.83. The second-order valence-electron chi connectivity index (χ2n) is 4.58. The molecule has 88 valence electrons. The van der Waals surface area contributed by atoms with E-state index in [4.69, 9.17) is 0 Å². The van der Waals surface area contributed by atoms with Crippen LogP contribution in [0.2, 0.25) is 0 Å². The molecule has 1 aliphatic heterocycles. The van der Waals surface area contributed by atoms with Crippen molar-refractivity contribution in [3.63, 3.8) is 0 Å². The van der Waals surface area contributed by atoms with E-state index in [9.17, 15) is 4.79 Å². The number of aromatic nitrogens is 2. The molecule has 0 spiro atoms. The van der Waals surface area contributed by atoms with Gasteiger partial charge in [0.2, 0.25) is 0 Å². The van der Waals surface area contributed by atoms with Gasteiger partial charge in [-0.25, -0.2) is 4.68 Å². The summed E-state index contributed by atoms with van der Waals surface area (Å²) in [6, 6.07) is 8.08. The Morgan fingerprint density at radius 3 is 2.65 bits per heavy atom. The van der Waals surface area contributed by atoms with E-state index in [1.807, 2.05) is 38.1 Å². The normalized spacial score (nSPS) is 18.4. The van der Waals surface area contributed by atoms with Gasteiger partial charge >= 0.3 is 0 Å². The standard InChI is InChI=1S/C13H15N3O/c1-8-3-5-10(6-4-8)16-13(17)12-9(2)14-7-11(12)15-16/h3-6,9,14-15H,7H2,1-2H3. The number of hydrogen-bond donors (Lipinski definition) is 2. The molecular weight excluding hydrogens is 214 g/mol. The number of nitrogens with zero attached hydrogens (tertiary/aromatic N) is 1. The summed E-state index contributed by atoms with van der Waals surface area (Å²) in [5.74, 6) is 0. The lowest BCUT2D eigenvalue weighted by Crippen LogP contribution is -2.22. The number of rotatable bonds is 1. The molecule has 0 saturated heterocycles. The summed E-state index contributed by atoms with van der Waals surface area (Å²) in [7, 11) is 0. The summed E-state index contributed by atoms with van der Waals surface area (Å²) >= 11 is 0. The first-order chi connectivity index (χ1) is 8.16. The molecule has 17 heavy (non-hydrogen) atoms. The predicted molar refractivity (Wildman–Crippen MR) is 66.4 cm³/mol. The summed E-state index contributed by atoms with van der Waals surface area (Å²) in [6.45, 7) is 4.79. The molecule has 0 fully saturated rings. The van der Waals surface area contributed by atoms with Gasteiger partial charge in [0.05, 0.1) is 16.9 Å². The molecule has 0 aliphatic carbocycles. The topological polar surface area (TPSA) is 49.8 Å². The molecule has 1 atom stereocenters. The van der Waals surface area contributed by atoms with Crippen LogP contribution < -0.4 is 10.9 Å². The fourth-order valence-electron chi connectivity index (χ4n) is 2.31. The largest absolute Gasteiger partial charge is 0.304 e. The van der Waals surface area contributed by atoms with Crippen LogP contribution in [0.15, 0.2) is 29.1 Å². The molecule has 0 saturated carbocycles. The van der Waals surface area contributed by atoms with Crippen LogP contribution in [0, 0.1) is 6.92 Å². The quantitative estimate of drug-likeness (QED) is 0.781. The molecular formula is C13H15N3O. The Balaban J connectivity index is 2.14. The zero-order valence-corrected chi connectivity index (χ0v) is 9.95. The summed E-state index contributed by atoms with van der Waals surface area (Å²) in [4.78, 5) is 12.2. The Labute approximate surface area is 99.3 Å². The number of H-pyrrole nitrogens is 1. The maximum atomic E-state index is 12.2. The number of benzene rings is 1. The minimum atomic E-state index is 0.0568. The van der Waals surface area contributed by atoms with Crippen LogP contribution in [0.4, 0.5) is 0 Å². The van der Waals surface area contributed by atoms with Crippen LogP contribution in [0.1, 0.15) is 29.8 Å². The summed E-state index contributed by atoms with van der Waals surface area (Å²) in [6.07, 6.45) is 0. The summed E-state index contributed by atoms with van der Waals surface area (Å²) in [5, 5.41) is 6.42. The lowest BCUT2D eigenvalue weighted by Gasteiger charge is -2.04. The summed E-state index contributed by atoms with van der Waals surface area (Å²) < 4.78 is 1.63. The van der Waals surface area contributed by atoms with Gasteiger partial charge < -0.3 is 5.32 Å². The van der Waals surface area contributed by atoms with Crippen LogP contribution in [0.25, 0.3) is 5.69 Å². The molecule has 2 N–H and O–H groups in total. The third-order valence-electron chi connectivity index (χ3n) is 3.32. The molecule has 0 amide bonds. The van der Waals surface area contributed by atoms with Crippen molar-refractivity contribution in [2.24, 2.45) is 0 Å². The van der Waals surface area contributed by atoms with E-state index < -0.39 is 0 Å². The van der Waals surface area contributed by atoms with Gasteiger partial charge in [0.15, 0.2) is 0 Å². The minimum absolute atomic E-state index is 0.0568. The fourth-order valence-corrected chi connectivity index (χ4v) is 2.31. The molecule has 1 aliphatic rings. The zero-order chi connectivity index (χ0) is 12.0. The molecule has 1 aromatic carbocycles. The SMILES string of the molecule is Cc1ccc(-n2[nH]c3c(c2=O)C(C)NC3)cc1. The monoisotopic (exact) mass is 229 g/mol. The van der Waals surface area contributed by atoms with Gasteiger partial charge in [0.1, 0.15) is 0 Å². The van der Waals surface area contributed by atoms with Crippen LogP contribution in [0.5, 0.6) is 0 Å². The van der Waals surface area contributed by atoms with Crippen molar-refractivity contribution in [3.8, 4) is 5.69 Å². The lowest BCUT2D eigenvalue weighted by atomic mass is 10.2. The van der Waals surface area contributed by atoms with Gasteiger partial charge in [-0.15, -0.1) is 0 Å². The lowest BCUT2D eigenvalue weighted by molar-refractivity contribution is 0.611. The predicted octanol–water partition coefficient (Wildman–Crippen LogP) is 1.64. The van der Waals surface area contributed by atoms with Gasteiger partial charge in [-0.05, 0) is 26.0 Å². The Morgan fingerprint density at radius 1 is 1.29 bits per heavy atom. The zero-order valence-electron chi connectivity index (χ0n) is 9.95. The average molecular weight is 229 g/mol. The van der Waals surface area contributed by atoms with E-state index in [1.165, 1.54) is 5.56 Å². The van der Waals surface area contributed by atoms with Crippen molar-refractivity contribution in [1.82, 2.24) is 15.1 Å². The molecule has 3 rings (SSSR count). The van der Waals surface area contributed by atoms with E-state index in [0.29, 0.717) is 0 Å². The molecule has 1 aromatic heterocycles. The summed E-state index contributed by atoms with van der Waals surface area (Å²) in [5.41, 5.74) is 4.01. The number of nitrogens with one attached hydrogen (secondary N) is 2. The van der Waals surface area contributed by atoms with Crippen LogP contribution in [-0.2, 0) is 6.54 Å². The first-order valence-corrected chi connectivity index (χ1v) is 5.81. The van der Waals surface area contributed by atoms with Crippen molar-refractivity contribution in [1.29, 1.82) is 0 Å². The highest BCUT2D eigenvalue weighted by molar-refractivity contribution is 5.36. The molecule has 2 heterocycles. The Morgan fingerprint density at radius 2 is 2.00 bits per heavy atom. The number of aryl methyl sites for hydroxylation is 1. The smallest absolute Gasteiger partial charge is 0.276 e. The molecule has 4 nitrogen and oxygen atoms in total. The van der Waals surface area contributed by atoms with Gasteiger partial charge in [0, 0.05) is 12.6 Å². The fraction of sp³-hybridized carbons (Fsp3) is 0.308. The number of hydrogen-bond acceptors (Lipinski definition) is 2. The third kappa shape index (κ3) is 1.52. The second kappa shape index (κ2) is 3.60. The molecule has 2 aromatic rings. The first kappa shape index (κ1) is 10.4. The van der Waals surface area contributed by atoms with Crippen molar-refractivity contribution >= 4 is 0 Å². The highest BCUT2D eigenvalue weighted by Gasteiger charge is 2.25. The maximum Gasteiger partial charge on any atom is 0.276 e. The van der Waals surface area contributed by atoms with Crippen molar-refractivity contribution in [2.45, 2.75) is 26.4 Å². The van der Waals surface area contributed by atoms with E-state index >= 15 is 0 Å². The van der Waals surface area contributed by atoms with E-state index in [0.717, 1.165) is 23.5 Å². The molecule has 4 heteroatoms. The minimum Gasteiger partial charge on any atom is -0.304 e. The molecule has 0 bridgehead atoms. The Hall–Kier alpha value is -1.81. The number of fused-ring (bicyclic) bond motifs is 1.